The summed E-state index contributed by atoms with van der Waals surface area (Å²) in [6.45, 7) is 5.19. The van der Waals surface area contributed by atoms with E-state index in [1.165, 1.54) is 0 Å². The average molecular weight is 348 g/mol. The zero-order valence-corrected chi connectivity index (χ0v) is 15.4. The van der Waals surface area contributed by atoms with Crippen LogP contribution in [0.4, 0.5) is 17.5 Å². The van der Waals surface area contributed by atoms with Crippen LogP contribution in [0, 0.1) is 5.92 Å². The van der Waals surface area contributed by atoms with E-state index in [-0.39, 0.29) is 0 Å². The van der Waals surface area contributed by atoms with Gasteiger partial charge in [0.05, 0.1) is 12.8 Å². The van der Waals surface area contributed by atoms with Crippen molar-refractivity contribution in [3.05, 3.63) is 60.7 Å². The number of hydrogen-bond acceptors (Lipinski definition) is 5. The summed E-state index contributed by atoms with van der Waals surface area (Å²) < 4.78 is 5.28. The van der Waals surface area contributed by atoms with Crippen molar-refractivity contribution in [1.29, 1.82) is 0 Å². The van der Waals surface area contributed by atoms with Crippen LogP contribution in [-0.4, -0.2) is 23.6 Å². The normalized spacial score (nSPS) is 10.6. The third-order valence-electron chi connectivity index (χ3n) is 3.81. The molecule has 0 radical (unpaired) electrons. The smallest absolute Gasteiger partial charge is 0.229 e. The van der Waals surface area contributed by atoms with Crippen molar-refractivity contribution in [1.82, 2.24) is 9.97 Å². The number of aromatic nitrogens is 2. The standard InChI is InChI=1S/C21H24N4O/c1-15(2)14-22-20-13-19(16-8-5-4-6-9-16)24-21(25-20)23-17-10-7-11-18(12-17)26-3/h4-13,15H,14H2,1-3H3,(H2,22,23,24,25). The maximum Gasteiger partial charge on any atom is 0.229 e. The molecule has 3 aromatic rings. The summed E-state index contributed by atoms with van der Waals surface area (Å²) in [5.41, 5.74) is 2.80. The lowest BCUT2D eigenvalue weighted by Gasteiger charge is -2.13. The van der Waals surface area contributed by atoms with Gasteiger partial charge in [-0.1, -0.05) is 50.2 Å². The van der Waals surface area contributed by atoms with Gasteiger partial charge in [-0.05, 0) is 18.1 Å². The van der Waals surface area contributed by atoms with Gasteiger partial charge in [0.25, 0.3) is 0 Å². The van der Waals surface area contributed by atoms with Crippen LogP contribution >= 0.6 is 0 Å². The summed E-state index contributed by atoms with van der Waals surface area (Å²) in [6, 6.07) is 19.8. The Labute approximate surface area is 154 Å². The van der Waals surface area contributed by atoms with E-state index in [1.54, 1.807) is 7.11 Å². The minimum atomic E-state index is 0.528. The fourth-order valence-corrected chi connectivity index (χ4v) is 2.49. The lowest BCUT2D eigenvalue weighted by Crippen LogP contribution is -2.10. The number of benzene rings is 2. The Kier molecular flexibility index (Phi) is 5.69. The van der Waals surface area contributed by atoms with Crippen molar-refractivity contribution in [2.75, 3.05) is 24.3 Å². The molecule has 0 saturated heterocycles. The van der Waals surface area contributed by atoms with Gasteiger partial charge in [0.1, 0.15) is 11.6 Å². The topological polar surface area (TPSA) is 59.1 Å². The molecule has 134 valence electrons. The largest absolute Gasteiger partial charge is 0.497 e. The Hall–Kier alpha value is -3.08. The SMILES string of the molecule is COc1cccc(Nc2nc(NCC(C)C)cc(-c3ccccc3)n2)c1. The van der Waals surface area contributed by atoms with Crippen LogP contribution in [-0.2, 0) is 0 Å². The van der Waals surface area contributed by atoms with E-state index in [0.29, 0.717) is 11.9 Å². The van der Waals surface area contributed by atoms with Gasteiger partial charge in [0.15, 0.2) is 0 Å². The molecule has 0 aliphatic carbocycles. The minimum absolute atomic E-state index is 0.528. The molecule has 0 aliphatic heterocycles. The number of methoxy groups -OCH3 is 1. The molecule has 0 amide bonds. The van der Waals surface area contributed by atoms with Gasteiger partial charge >= 0.3 is 0 Å². The van der Waals surface area contributed by atoms with Crippen LogP contribution in [0.3, 0.4) is 0 Å². The molecule has 0 atom stereocenters. The zero-order chi connectivity index (χ0) is 18.4. The summed E-state index contributed by atoms with van der Waals surface area (Å²) in [7, 11) is 1.65. The van der Waals surface area contributed by atoms with E-state index in [0.717, 1.165) is 35.1 Å². The van der Waals surface area contributed by atoms with Crippen LogP contribution in [0.2, 0.25) is 0 Å². The zero-order valence-electron chi connectivity index (χ0n) is 15.4. The predicted molar refractivity (Wildman–Crippen MR) is 107 cm³/mol. The Balaban J connectivity index is 1.93. The number of ether oxygens (including phenoxy) is 1. The molecule has 3 rings (SSSR count). The summed E-state index contributed by atoms with van der Waals surface area (Å²) in [6.07, 6.45) is 0. The molecule has 26 heavy (non-hydrogen) atoms. The lowest BCUT2D eigenvalue weighted by atomic mass is 10.1. The first-order valence-corrected chi connectivity index (χ1v) is 8.73. The van der Waals surface area contributed by atoms with Crippen LogP contribution in [0.1, 0.15) is 13.8 Å². The van der Waals surface area contributed by atoms with Crippen molar-refractivity contribution in [3.63, 3.8) is 0 Å². The highest BCUT2D eigenvalue weighted by Gasteiger charge is 2.08. The molecule has 0 aliphatic rings. The van der Waals surface area contributed by atoms with Gasteiger partial charge in [0.2, 0.25) is 5.95 Å². The first-order valence-electron chi connectivity index (χ1n) is 8.73. The summed E-state index contributed by atoms with van der Waals surface area (Å²) in [4.78, 5) is 9.29. The van der Waals surface area contributed by atoms with E-state index >= 15 is 0 Å². The Morgan fingerprint density at radius 1 is 0.962 bits per heavy atom. The number of hydrogen-bond donors (Lipinski definition) is 2. The third kappa shape index (κ3) is 4.72. The molecule has 0 bridgehead atoms. The van der Waals surface area contributed by atoms with Crippen molar-refractivity contribution < 1.29 is 4.74 Å². The Morgan fingerprint density at radius 3 is 2.50 bits per heavy atom. The van der Waals surface area contributed by atoms with E-state index in [1.807, 2.05) is 60.7 Å². The van der Waals surface area contributed by atoms with Gasteiger partial charge in [-0.25, -0.2) is 4.98 Å². The summed E-state index contributed by atoms with van der Waals surface area (Å²) >= 11 is 0. The molecule has 0 saturated carbocycles. The predicted octanol–water partition coefficient (Wildman–Crippen LogP) is 4.96. The highest BCUT2D eigenvalue weighted by molar-refractivity contribution is 5.66. The van der Waals surface area contributed by atoms with Gasteiger partial charge in [-0.2, -0.15) is 4.98 Å². The van der Waals surface area contributed by atoms with E-state index in [2.05, 4.69) is 34.4 Å². The fourth-order valence-electron chi connectivity index (χ4n) is 2.49. The van der Waals surface area contributed by atoms with Gasteiger partial charge < -0.3 is 15.4 Å². The maximum atomic E-state index is 5.28. The molecule has 2 N–H and O–H groups in total. The van der Waals surface area contributed by atoms with Crippen molar-refractivity contribution >= 4 is 17.5 Å². The second-order valence-corrected chi connectivity index (χ2v) is 6.46. The molecular formula is C21H24N4O. The molecule has 5 heteroatoms. The second kappa shape index (κ2) is 8.34. The highest BCUT2D eigenvalue weighted by Crippen LogP contribution is 2.24. The lowest BCUT2D eigenvalue weighted by molar-refractivity contribution is 0.415. The van der Waals surface area contributed by atoms with Crippen LogP contribution in [0.15, 0.2) is 60.7 Å². The molecule has 5 nitrogen and oxygen atoms in total. The van der Waals surface area contributed by atoms with E-state index < -0.39 is 0 Å². The van der Waals surface area contributed by atoms with Crippen molar-refractivity contribution in [3.8, 4) is 17.0 Å². The van der Waals surface area contributed by atoms with E-state index in [4.69, 9.17) is 4.74 Å². The van der Waals surface area contributed by atoms with Crippen LogP contribution < -0.4 is 15.4 Å². The quantitative estimate of drug-likeness (QED) is 0.632. The Bertz CT molecular complexity index is 850. The van der Waals surface area contributed by atoms with Gasteiger partial charge in [0, 0.05) is 29.9 Å². The van der Waals surface area contributed by atoms with E-state index in [9.17, 15) is 0 Å². The highest BCUT2D eigenvalue weighted by atomic mass is 16.5. The van der Waals surface area contributed by atoms with Crippen molar-refractivity contribution in [2.24, 2.45) is 5.92 Å². The maximum absolute atomic E-state index is 5.28. The van der Waals surface area contributed by atoms with Gasteiger partial charge in [-0.3, -0.25) is 0 Å². The molecule has 1 aromatic heterocycles. The molecule has 0 fully saturated rings. The minimum Gasteiger partial charge on any atom is -0.497 e. The molecule has 0 unspecified atom stereocenters. The number of rotatable bonds is 7. The molecule has 0 spiro atoms. The third-order valence-corrected chi connectivity index (χ3v) is 3.81. The fraction of sp³-hybridized carbons (Fsp3) is 0.238. The second-order valence-electron chi connectivity index (χ2n) is 6.46. The van der Waals surface area contributed by atoms with Crippen molar-refractivity contribution in [2.45, 2.75) is 13.8 Å². The first-order chi connectivity index (χ1) is 12.6. The first kappa shape index (κ1) is 17.7. The average Bonchev–Trinajstić information content (AvgIpc) is 2.67. The Morgan fingerprint density at radius 2 is 1.77 bits per heavy atom. The molecule has 1 heterocycles. The van der Waals surface area contributed by atoms with Gasteiger partial charge in [-0.15, -0.1) is 0 Å². The molecular weight excluding hydrogens is 324 g/mol. The number of anilines is 3. The molecule has 2 aromatic carbocycles. The summed E-state index contributed by atoms with van der Waals surface area (Å²) in [5, 5.41) is 6.66. The number of nitrogens with zero attached hydrogens (tertiary/aromatic N) is 2. The van der Waals surface area contributed by atoms with Crippen LogP contribution in [0.25, 0.3) is 11.3 Å². The van der Waals surface area contributed by atoms with Crippen LogP contribution in [0.5, 0.6) is 5.75 Å². The number of nitrogens with one attached hydrogen (secondary N) is 2. The summed E-state index contributed by atoms with van der Waals surface area (Å²) in [5.74, 6) is 2.66. The monoisotopic (exact) mass is 348 g/mol.